The van der Waals surface area contributed by atoms with E-state index in [0.717, 1.165) is 24.7 Å². The number of hydrogen-bond acceptors (Lipinski definition) is 3. The maximum atomic E-state index is 5.82. The normalized spacial score (nSPS) is 15.9. The van der Waals surface area contributed by atoms with Gasteiger partial charge in [0.1, 0.15) is 11.6 Å². The second-order valence-electron chi connectivity index (χ2n) is 3.71. The standard InChI is InChI=1S/C10H16ClN3O/c1-2-15-6-5-9-12-13-10(7-11)14(9)8-3-4-8/h8H,2-7H2,1H3. The van der Waals surface area contributed by atoms with E-state index in [-0.39, 0.29) is 0 Å². The minimum absolute atomic E-state index is 0.443. The van der Waals surface area contributed by atoms with Gasteiger partial charge in [-0.2, -0.15) is 0 Å². The second kappa shape index (κ2) is 4.94. The molecule has 1 aliphatic rings. The zero-order valence-electron chi connectivity index (χ0n) is 8.95. The first-order chi connectivity index (χ1) is 7.36. The largest absolute Gasteiger partial charge is 0.381 e. The number of alkyl halides is 1. The fourth-order valence-corrected chi connectivity index (χ4v) is 1.87. The van der Waals surface area contributed by atoms with E-state index >= 15 is 0 Å². The van der Waals surface area contributed by atoms with Gasteiger partial charge < -0.3 is 9.30 Å². The first-order valence-corrected chi connectivity index (χ1v) is 5.96. The van der Waals surface area contributed by atoms with E-state index < -0.39 is 0 Å². The number of aromatic nitrogens is 3. The van der Waals surface area contributed by atoms with Crippen molar-refractivity contribution in [2.24, 2.45) is 0 Å². The lowest BCUT2D eigenvalue weighted by Gasteiger charge is -2.07. The van der Waals surface area contributed by atoms with Crippen molar-refractivity contribution in [3.63, 3.8) is 0 Å². The molecule has 0 saturated heterocycles. The van der Waals surface area contributed by atoms with Crippen LogP contribution in [0, 0.1) is 0 Å². The summed E-state index contributed by atoms with van der Waals surface area (Å²) in [5.41, 5.74) is 0. The number of rotatable bonds is 6. The average molecular weight is 230 g/mol. The van der Waals surface area contributed by atoms with E-state index in [1.54, 1.807) is 0 Å². The molecule has 1 fully saturated rings. The molecule has 0 unspecified atom stereocenters. The van der Waals surface area contributed by atoms with E-state index in [9.17, 15) is 0 Å². The molecule has 2 rings (SSSR count). The second-order valence-corrected chi connectivity index (χ2v) is 3.98. The third-order valence-corrected chi connectivity index (χ3v) is 2.78. The van der Waals surface area contributed by atoms with Gasteiger partial charge in [0.15, 0.2) is 0 Å². The Labute approximate surface area is 94.6 Å². The van der Waals surface area contributed by atoms with E-state index in [2.05, 4.69) is 14.8 Å². The Bertz CT molecular complexity index is 322. The lowest BCUT2D eigenvalue weighted by atomic mass is 10.4. The van der Waals surface area contributed by atoms with E-state index in [4.69, 9.17) is 16.3 Å². The molecule has 1 aromatic rings. The minimum atomic E-state index is 0.443. The van der Waals surface area contributed by atoms with E-state index in [1.807, 2.05) is 6.92 Å². The van der Waals surface area contributed by atoms with Gasteiger partial charge in [-0.05, 0) is 19.8 Å². The molecule has 0 amide bonds. The average Bonchev–Trinajstić information content (AvgIpc) is 3.00. The molecule has 0 N–H and O–H groups in total. The lowest BCUT2D eigenvalue weighted by Crippen LogP contribution is -2.08. The molecule has 15 heavy (non-hydrogen) atoms. The van der Waals surface area contributed by atoms with Crippen LogP contribution < -0.4 is 0 Å². The maximum Gasteiger partial charge on any atom is 0.148 e. The Morgan fingerprint density at radius 1 is 1.40 bits per heavy atom. The Kier molecular flexibility index (Phi) is 3.59. The smallest absolute Gasteiger partial charge is 0.148 e. The highest BCUT2D eigenvalue weighted by Crippen LogP contribution is 2.36. The van der Waals surface area contributed by atoms with Crippen molar-refractivity contribution in [3.8, 4) is 0 Å². The van der Waals surface area contributed by atoms with Crippen molar-refractivity contribution >= 4 is 11.6 Å². The van der Waals surface area contributed by atoms with Gasteiger partial charge in [-0.25, -0.2) is 0 Å². The van der Waals surface area contributed by atoms with Crippen molar-refractivity contribution in [2.45, 2.75) is 38.1 Å². The summed E-state index contributed by atoms with van der Waals surface area (Å²) in [7, 11) is 0. The van der Waals surface area contributed by atoms with Crippen LogP contribution in [-0.2, 0) is 17.0 Å². The first-order valence-electron chi connectivity index (χ1n) is 5.43. The zero-order valence-corrected chi connectivity index (χ0v) is 9.70. The summed E-state index contributed by atoms with van der Waals surface area (Å²) in [5, 5.41) is 8.27. The van der Waals surface area contributed by atoms with Gasteiger partial charge >= 0.3 is 0 Å². The quantitative estimate of drug-likeness (QED) is 0.553. The summed E-state index contributed by atoms with van der Waals surface area (Å²) in [5.74, 6) is 2.35. The number of nitrogens with zero attached hydrogens (tertiary/aromatic N) is 3. The highest BCUT2D eigenvalue weighted by molar-refractivity contribution is 6.16. The van der Waals surface area contributed by atoms with Crippen LogP contribution in [0.25, 0.3) is 0 Å². The predicted octanol–water partition coefficient (Wildman–Crippen LogP) is 1.93. The highest BCUT2D eigenvalue weighted by atomic mass is 35.5. The van der Waals surface area contributed by atoms with Crippen LogP contribution >= 0.6 is 11.6 Å². The van der Waals surface area contributed by atoms with Crippen LogP contribution in [0.3, 0.4) is 0 Å². The summed E-state index contributed by atoms with van der Waals surface area (Å²) in [6.07, 6.45) is 3.28. The molecular formula is C10H16ClN3O. The maximum absolute atomic E-state index is 5.82. The Hall–Kier alpha value is -0.610. The first kappa shape index (κ1) is 10.9. The summed E-state index contributed by atoms with van der Waals surface area (Å²) in [6.45, 7) is 3.46. The third-order valence-electron chi connectivity index (χ3n) is 2.54. The Morgan fingerprint density at radius 2 is 2.13 bits per heavy atom. The lowest BCUT2D eigenvalue weighted by molar-refractivity contribution is 0.148. The predicted molar refractivity (Wildman–Crippen MR) is 58.0 cm³/mol. The molecule has 1 saturated carbocycles. The summed E-state index contributed by atoms with van der Waals surface area (Å²) < 4.78 is 7.51. The minimum Gasteiger partial charge on any atom is -0.381 e. The molecule has 4 nitrogen and oxygen atoms in total. The van der Waals surface area contributed by atoms with Crippen molar-refractivity contribution in [1.29, 1.82) is 0 Å². The van der Waals surface area contributed by atoms with Crippen molar-refractivity contribution < 1.29 is 4.74 Å². The Balaban J connectivity index is 2.05. The van der Waals surface area contributed by atoms with Gasteiger partial charge in [-0.3, -0.25) is 0 Å². The molecule has 0 bridgehead atoms. The molecule has 0 spiro atoms. The molecule has 0 radical (unpaired) electrons. The number of hydrogen-bond donors (Lipinski definition) is 0. The SMILES string of the molecule is CCOCCc1nnc(CCl)n1C1CC1. The third kappa shape index (κ3) is 2.49. The van der Waals surface area contributed by atoms with E-state index in [1.165, 1.54) is 12.8 Å². The van der Waals surface area contributed by atoms with Crippen molar-refractivity contribution in [3.05, 3.63) is 11.6 Å². The molecule has 0 atom stereocenters. The monoisotopic (exact) mass is 229 g/mol. The van der Waals surface area contributed by atoms with Gasteiger partial charge in [-0.1, -0.05) is 0 Å². The van der Waals surface area contributed by atoms with Crippen molar-refractivity contribution in [1.82, 2.24) is 14.8 Å². The molecule has 1 heterocycles. The fourth-order valence-electron chi connectivity index (χ4n) is 1.68. The van der Waals surface area contributed by atoms with Crippen LogP contribution in [0.4, 0.5) is 0 Å². The molecule has 84 valence electrons. The molecule has 5 heteroatoms. The number of ether oxygens (including phenoxy) is 1. The van der Waals surface area contributed by atoms with Gasteiger partial charge in [0.2, 0.25) is 0 Å². The molecule has 1 aromatic heterocycles. The summed E-state index contributed by atoms with van der Waals surface area (Å²) in [6, 6.07) is 0.588. The highest BCUT2D eigenvalue weighted by Gasteiger charge is 2.28. The van der Waals surface area contributed by atoms with Crippen LogP contribution in [0.15, 0.2) is 0 Å². The van der Waals surface area contributed by atoms with Gasteiger partial charge in [-0.15, -0.1) is 21.8 Å². The Morgan fingerprint density at radius 3 is 2.73 bits per heavy atom. The molecule has 0 aliphatic heterocycles. The van der Waals surface area contributed by atoms with Crippen LogP contribution in [0.1, 0.15) is 37.5 Å². The number of halogens is 1. The van der Waals surface area contributed by atoms with Gasteiger partial charge in [0.05, 0.1) is 12.5 Å². The van der Waals surface area contributed by atoms with Crippen molar-refractivity contribution in [2.75, 3.05) is 13.2 Å². The van der Waals surface area contributed by atoms with Crippen LogP contribution in [0.5, 0.6) is 0 Å². The summed E-state index contributed by atoms with van der Waals surface area (Å²) >= 11 is 5.82. The van der Waals surface area contributed by atoms with Crippen LogP contribution in [0.2, 0.25) is 0 Å². The molecule has 0 aromatic carbocycles. The van der Waals surface area contributed by atoms with Gasteiger partial charge in [0, 0.05) is 19.1 Å². The van der Waals surface area contributed by atoms with Crippen LogP contribution in [-0.4, -0.2) is 28.0 Å². The van der Waals surface area contributed by atoms with E-state index in [0.29, 0.717) is 18.5 Å². The summed E-state index contributed by atoms with van der Waals surface area (Å²) in [4.78, 5) is 0. The molecular weight excluding hydrogens is 214 g/mol. The molecule has 1 aliphatic carbocycles. The van der Waals surface area contributed by atoms with Gasteiger partial charge in [0.25, 0.3) is 0 Å². The zero-order chi connectivity index (χ0) is 10.7. The topological polar surface area (TPSA) is 39.9 Å². The fraction of sp³-hybridized carbons (Fsp3) is 0.800.